The molecular weight excluding hydrogens is 420 g/mol. The maximum atomic E-state index is 13.2. The van der Waals surface area contributed by atoms with Gasteiger partial charge in [0.15, 0.2) is 0 Å². The van der Waals surface area contributed by atoms with E-state index in [0.29, 0.717) is 23.9 Å². The second-order valence-corrected chi connectivity index (χ2v) is 10.5. The molecule has 176 valence electrons. The first-order valence-corrected chi connectivity index (χ1v) is 13.1. The van der Waals surface area contributed by atoms with Gasteiger partial charge >= 0.3 is 0 Å². The molecule has 3 fully saturated rings. The lowest BCUT2D eigenvalue weighted by Crippen LogP contribution is -2.34. The highest BCUT2D eigenvalue weighted by molar-refractivity contribution is 5.92. The first-order chi connectivity index (χ1) is 16.7. The normalized spacial score (nSPS) is 18.7. The van der Waals surface area contributed by atoms with Crippen LogP contribution in [0.2, 0.25) is 0 Å². The van der Waals surface area contributed by atoms with Crippen LogP contribution in [0, 0.1) is 5.92 Å². The van der Waals surface area contributed by atoms with Gasteiger partial charge < -0.3 is 10.2 Å². The van der Waals surface area contributed by atoms with Gasteiger partial charge in [-0.15, -0.1) is 0 Å². The van der Waals surface area contributed by atoms with Crippen LogP contribution in [-0.2, 0) is 11.3 Å². The molecule has 3 saturated carbocycles. The molecule has 1 amide bonds. The van der Waals surface area contributed by atoms with Gasteiger partial charge in [-0.3, -0.25) is 4.79 Å². The zero-order valence-electron chi connectivity index (χ0n) is 19.9. The number of carbonyl (C=O) groups excluding carboxylic acids is 1. The second-order valence-electron chi connectivity index (χ2n) is 10.5. The third-order valence-electron chi connectivity index (χ3n) is 7.66. The Morgan fingerprint density at radius 1 is 0.912 bits per heavy atom. The summed E-state index contributed by atoms with van der Waals surface area (Å²) in [5.74, 6) is 1.88. The van der Waals surface area contributed by atoms with Crippen molar-refractivity contribution < 1.29 is 4.79 Å². The molecule has 0 unspecified atom stereocenters. The fourth-order valence-electron chi connectivity index (χ4n) is 5.38. The van der Waals surface area contributed by atoms with Crippen LogP contribution in [0.4, 0.5) is 5.82 Å². The van der Waals surface area contributed by atoms with Crippen LogP contribution in [0.1, 0.15) is 69.8 Å². The van der Waals surface area contributed by atoms with Gasteiger partial charge in [0.25, 0.3) is 0 Å². The van der Waals surface area contributed by atoms with Gasteiger partial charge in [-0.25, -0.2) is 9.97 Å². The average Bonchev–Trinajstić information content (AvgIpc) is 3.79. The molecule has 0 atom stereocenters. The van der Waals surface area contributed by atoms with Gasteiger partial charge in [-0.2, -0.15) is 0 Å². The van der Waals surface area contributed by atoms with Crippen LogP contribution in [0.25, 0.3) is 22.0 Å². The van der Waals surface area contributed by atoms with Crippen molar-refractivity contribution in [1.82, 2.24) is 14.9 Å². The van der Waals surface area contributed by atoms with E-state index in [1.807, 2.05) is 0 Å². The van der Waals surface area contributed by atoms with E-state index in [1.165, 1.54) is 56.1 Å². The fraction of sp³-hybridized carbons (Fsp3) is 0.483. The predicted molar refractivity (Wildman–Crippen MR) is 136 cm³/mol. The van der Waals surface area contributed by atoms with Crippen molar-refractivity contribution in [3.8, 4) is 11.1 Å². The largest absolute Gasteiger partial charge is 0.367 e. The molecular formula is C29H34N4O. The molecule has 0 bridgehead atoms. The topological polar surface area (TPSA) is 58.1 Å². The zero-order chi connectivity index (χ0) is 22.9. The Balaban J connectivity index is 1.22. The van der Waals surface area contributed by atoms with Crippen LogP contribution in [0.5, 0.6) is 0 Å². The van der Waals surface area contributed by atoms with E-state index >= 15 is 0 Å². The molecule has 3 aromatic rings. The van der Waals surface area contributed by atoms with Crippen molar-refractivity contribution >= 4 is 22.6 Å². The van der Waals surface area contributed by atoms with Gasteiger partial charge in [0.1, 0.15) is 12.1 Å². The van der Waals surface area contributed by atoms with Gasteiger partial charge in [0.2, 0.25) is 5.91 Å². The van der Waals surface area contributed by atoms with Crippen molar-refractivity contribution in [2.45, 2.75) is 82.8 Å². The standard InChI is InChI=1S/C29H34N4O/c34-28(16-20-5-2-1-3-6-20)33(25-12-13-25)18-21-7-4-8-22(15-21)23-9-14-27-26(17-23)29(31-19-30-27)32-24-10-11-24/h4,7-9,14-15,17,19-20,24-25H,1-3,5-6,10-13,16,18H2,(H,30,31,32). The Morgan fingerprint density at radius 2 is 1.74 bits per heavy atom. The lowest BCUT2D eigenvalue weighted by atomic mass is 9.86. The number of rotatable bonds is 8. The van der Waals surface area contributed by atoms with Crippen molar-refractivity contribution in [2.75, 3.05) is 5.32 Å². The summed E-state index contributed by atoms with van der Waals surface area (Å²) >= 11 is 0. The van der Waals surface area contributed by atoms with Crippen LogP contribution >= 0.6 is 0 Å². The minimum absolute atomic E-state index is 0.360. The number of hydrogen-bond donors (Lipinski definition) is 1. The van der Waals surface area contributed by atoms with Gasteiger partial charge in [0, 0.05) is 30.4 Å². The van der Waals surface area contributed by atoms with E-state index in [1.54, 1.807) is 6.33 Å². The van der Waals surface area contributed by atoms with Gasteiger partial charge in [-0.1, -0.05) is 43.5 Å². The van der Waals surface area contributed by atoms with E-state index in [4.69, 9.17) is 0 Å². The third kappa shape index (κ3) is 4.94. The van der Waals surface area contributed by atoms with Crippen molar-refractivity contribution in [2.24, 2.45) is 5.92 Å². The molecule has 3 aliphatic carbocycles. The molecule has 0 saturated heterocycles. The fourth-order valence-corrected chi connectivity index (χ4v) is 5.38. The molecule has 5 nitrogen and oxygen atoms in total. The number of anilines is 1. The minimum atomic E-state index is 0.360. The van der Waals surface area contributed by atoms with Crippen LogP contribution < -0.4 is 5.32 Å². The highest BCUT2D eigenvalue weighted by Gasteiger charge is 2.33. The smallest absolute Gasteiger partial charge is 0.223 e. The summed E-state index contributed by atoms with van der Waals surface area (Å²) in [4.78, 5) is 24.4. The molecule has 1 heterocycles. The number of amides is 1. The Hall–Kier alpha value is -2.95. The Bertz CT molecular complexity index is 1180. The number of carbonyl (C=O) groups is 1. The number of nitrogens with zero attached hydrogens (tertiary/aromatic N) is 3. The number of benzene rings is 2. The summed E-state index contributed by atoms with van der Waals surface area (Å²) < 4.78 is 0. The van der Waals surface area contributed by atoms with E-state index in [9.17, 15) is 4.79 Å². The molecule has 0 spiro atoms. The minimum Gasteiger partial charge on any atom is -0.367 e. The first kappa shape index (κ1) is 21.6. The van der Waals surface area contributed by atoms with Crippen LogP contribution in [0.3, 0.4) is 0 Å². The van der Waals surface area contributed by atoms with E-state index in [-0.39, 0.29) is 0 Å². The quantitative estimate of drug-likeness (QED) is 0.432. The van der Waals surface area contributed by atoms with Crippen molar-refractivity contribution in [1.29, 1.82) is 0 Å². The van der Waals surface area contributed by atoms with Crippen molar-refractivity contribution in [3.05, 3.63) is 54.4 Å². The summed E-state index contributed by atoms with van der Waals surface area (Å²) in [6.07, 6.45) is 13.5. The monoisotopic (exact) mass is 454 g/mol. The van der Waals surface area contributed by atoms with Gasteiger partial charge in [-0.05, 0) is 79.3 Å². The zero-order valence-corrected chi connectivity index (χ0v) is 19.9. The maximum absolute atomic E-state index is 13.2. The number of aromatic nitrogens is 2. The number of hydrogen-bond acceptors (Lipinski definition) is 4. The molecule has 6 rings (SSSR count). The highest BCUT2D eigenvalue weighted by Crippen LogP contribution is 2.34. The number of fused-ring (bicyclic) bond motifs is 1. The summed E-state index contributed by atoms with van der Waals surface area (Å²) in [7, 11) is 0. The maximum Gasteiger partial charge on any atom is 0.223 e. The molecule has 0 radical (unpaired) electrons. The van der Waals surface area contributed by atoms with E-state index < -0.39 is 0 Å². The summed E-state index contributed by atoms with van der Waals surface area (Å²) in [5, 5.41) is 4.61. The molecule has 5 heteroatoms. The van der Waals surface area contributed by atoms with Crippen molar-refractivity contribution in [3.63, 3.8) is 0 Å². The second kappa shape index (κ2) is 9.36. The predicted octanol–water partition coefficient (Wildman–Crippen LogP) is 6.33. The average molecular weight is 455 g/mol. The molecule has 34 heavy (non-hydrogen) atoms. The SMILES string of the molecule is O=C(CC1CCCCC1)N(Cc1cccc(-c2ccc3ncnc(NC4CC4)c3c2)c1)C1CC1. The summed E-state index contributed by atoms with van der Waals surface area (Å²) in [6.45, 7) is 0.717. The Labute approximate surface area is 202 Å². The van der Waals surface area contributed by atoms with Crippen LogP contribution in [-0.4, -0.2) is 32.9 Å². The van der Waals surface area contributed by atoms with E-state index in [0.717, 1.165) is 48.1 Å². The van der Waals surface area contributed by atoms with E-state index in [2.05, 4.69) is 62.6 Å². The Morgan fingerprint density at radius 3 is 2.53 bits per heavy atom. The molecule has 1 N–H and O–H groups in total. The molecule has 3 aliphatic rings. The Kier molecular flexibility index (Phi) is 5.94. The lowest BCUT2D eigenvalue weighted by molar-refractivity contribution is -0.133. The highest BCUT2D eigenvalue weighted by atomic mass is 16.2. The molecule has 1 aromatic heterocycles. The summed E-state index contributed by atoms with van der Waals surface area (Å²) in [5.41, 5.74) is 4.51. The van der Waals surface area contributed by atoms with Crippen LogP contribution in [0.15, 0.2) is 48.8 Å². The molecule has 2 aromatic carbocycles. The molecule has 0 aliphatic heterocycles. The van der Waals surface area contributed by atoms with Gasteiger partial charge in [0.05, 0.1) is 5.52 Å². The lowest BCUT2D eigenvalue weighted by Gasteiger charge is -2.27. The third-order valence-corrected chi connectivity index (χ3v) is 7.66. The first-order valence-electron chi connectivity index (χ1n) is 13.1. The number of nitrogens with one attached hydrogen (secondary N) is 1. The summed E-state index contributed by atoms with van der Waals surface area (Å²) in [6, 6.07) is 16.1.